The predicted molar refractivity (Wildman–Crippen MR) is 85.0 cm³/mol. The van der Waals surface area contributed by atoms with Crippen molar-refractivity contribution in [3.63, 3.8) is 0 Å². The molecule has 0 saturated heterocycles. The molecule has 3 nitrogen and oxygen atoms in total. The van der Waals surface area contributed by atoms with Gasteiger partial charge in [0.15, 0.2) is 0 Å². The van der Waals surface area contributed by atoms with Crippen molar-refractivity contribution < 1.29 is 14.3 Å². The van der Waals surface area contributed by atoms with Gasteiger partial charge < -0.3 is 9.47 Å². The standard InChI is InChI=1S/C17H20O3S/c1-4-20-16(18)17(2,12-15-9-6-10-21-15)13-7-5-8-14(11-13)19-3/h5-11H,4,12H2,1-3H3. The molecule has 0 bridgehead atoms. The molecule has 1 unspecified atom stereocenters. The molecule has 1 heterocycles. The zero-order valence-corrected chi connectivity index (χ0v) is 13.4. The molecule has 4 heteroatoms. The van der Waals surface area contributed by atoms with Crippen LogP contribution in [0.1, 0.15) is 24.3 Å². The van der Waals surface area contributed by atoms with Crippen molar-refractivity contribution >= 4 is 17.3 Å². The van der Waals surface area contributed by atoms with Gasteiger partial charge in [0.25, 0.3) is 0 Å². The minimum absolute atomic E-state index is 0.202. The highest BCUT2D eigenvalue weighted by Crippen LogP contribution is 2.33. The van der Waals surface area contributed by atoms with E-state index in [0.717, 1.165) is 16.2 Å². The summed E-state index contributed by atoms with van der Waals surface area (Å²) < 4.78 is 10.6. The van der Waals surface area contributed by atoms with Crippen LogP contribution in [0.3, 0.4) is 0 Å². The third-order valence-corrected chi connectivity index (χ3v) is 4.42. The molecule has 0 N–H and O–H groups in total. The molecule has 0 radical (unpaired) electrons. The topological polar surface area (TPSA) is 35.5 Å². The Balaban J connectivity index is 2.40. The van der Waals surface area contributed by atoms with E-state index in [1.54, 1.807) is 18.4 Å². The number of rotatable bonds is 6. The molecule has 112 valence electrons. The molecule has 2 rings (SSSR count). The van der Waals surface area contributed by atoms with E-state index in [2.05, 4.69) is 0 Å². The van der Waals surface area contributed by atoms with Crippen molar-refractivity contribution in [2.75, 3.05) is 13.7 Å². The lowest BCUT2D eigenvalue weighted by Crippen LogP contribution is -2.36. The largest absolute Gasteiger partial charge is 0.497 e. The lowest BCUT2D eigenvalue weighted by atomic mass is 9.79. The highest BCUT2D eigenvalue weighted by Gasteiger charge is 2.37. The van der Waals surface area contributed by atoms with Gasteiger partial charge in [0.1, 0.15) is 5.75 Å². The minimum atomic E-state index is -0.713. The molecule has 0 aliphatic rings. The van der Waals surface area contributed by atoms with Gasteiger partial charge >= 0.3 is 5.97 Å². The van der Waals surface area contributed by atoms with Crippen molar-refractivity contribution in [1.29, 1.82) is 0 Å². The summed E-state index contributed by atoms with van der Waals surface area (Å²) >= 11 is 1.65. The molecule has 21 heavy (non-hydrogen) atoms. The van der Waals surface area contributed by atoms with E-state index in [9.17, 15) is 4.79 Å². The third-order valence-electron chi connectivity index (χ3n) is 3.54. The van der Waals surface area contributed by atoms with Crippen molar-refractivity contribution in [2.45, 2.75) is 25.7 Å². The Bertz CT molecular complexity index is 592. The highest BCUT2D eigenvalue weighted by atomic mass is 32.1. The Morgan fingerprint density at radius 2 is 2.10 bits per heavy atom. The van der Waals surface area contributed by atoms with Gasteiger partial charge in [-0.05, 0) is 43.0 Å². The van der Waals surface area contributed by atoms with Crippen LogP contribution in [0.25, 0.3) is 0 Å². The molecular formula is C17H20O3S. The Hall–Kier alpha value is -1.81. The second kappa shape index (κ2) is 6.76. The van der Waals surface area contributed by atoms with Crippen LogP contribution in [0.4, 0.5) is 0 Å². The van der Waals surface area contributed by atoms with Crippen LogP contribution >= 0.6 is 11.3 Å². The molecule has 1 aromatic heterocycles. The Labute approximate surface area is 129 Å². The summed E-state index contributed by atoms with van der Waals surface area (Å²) in [6.45, 7) is 4.14. The highest BCUT2D eigenvalue weighted by molar-refractivity contribution is 7.09. The summed E-state index contributed by atoms with van der Waals surface area (Å²) in [7, 11) is 1.63. The van der Waals surface area contributed by atoms with Gasteiger partial charge in [0.2, 0.25) is 0 Å². The Kier molecular flexibility index (Phi) is 5.02. The van der Waals surface area contributed by atoms with E-state index in [4.69, 9.17) is 9.47 Å². The number of carbonyl (C=O) groups is 1. The summed E-state index contributed by atoms with van der Waals surface area (Å²) in [6, 6.07) is 11.7. The number of hydrogen-bond donors (Lipinski definition) is 0. The van der Waals surface area contributed by atoms with Crippen molar-refractivity contribution in [2.24, 2.45) is 0 Å². The zero-order valence-electron chi connectivity index (χ0n) is 12.6. The molecule has 1 atom stereocenters. The van der Waals surface area contributed by atoms with E-state index < -0.39 is 5.41 Å². The fourth-order valence-corrected chi connectivity index (χ4v) is 3.17. The summed E-state index contributed by atoms with van der Waals surface area (Å²) in [5.74, 6) is 0.542. The van der Waals surface area contributed by atoms with Gasteiger partial charge in [-0.3, -0.25) is 4.79 Å². The van der Waals surface area contributed by atoms with Crippen LogP contribution in [0, 0.1) is 0 Å². The number of thiophene rings is 1. The summed E-state index contributed by atoms with van der Waals surface area (Å²) in [6.07, 6.45) is 0.622. The SMILES string of the molecule is CCOC(=O)C(C)(Cc1cccs1)c1cccc(OC)c1. The van der Waals surface area contributed by atoms with Crippen LogP contribution in [-0.4, -0.2) is 19.7 Å². The van der Waals surface area contributed by atoms with Gasteiger partial charge in [0, 0.05) is 11.3 Å². The Morgan fingerprint density at radius 3 is 2.71 bits per heavy atom. The second-order valence-corrected chi connectivity index (χ2v) is 6.07. The monoisotopic (exact) mass is 304 g/mol. The number of esters is 1. The molecule has 0 aliphatic carbocycles. The molecule has 0 saturated carbocycles. The number of methoxy groups -OCH3 is 1. The Morgan fingerprint density at radius 1 is 1.29 bits per heavy atom. The predicted octanol–water partition coefficient (Wildman–Crippen LogP) is 3.82. The van der Waals surface area contributed by atoms with Crippen LogP contribution < -0.4 is 4.74 Å². The van der Waals surface area contributed by atoms with Crippen molar-refractivity contribution in [1.82, 2.24) is 0 Å². The third kappa shape index (κ3) is 3.45. The van der Waals surface area contributed by atoms with Gasteiger partial charge in [-0.2, -0.15) is 0 Å². The molecule has 0 amide bonds. The first kappa shape index (κ1) is 15.6. The first-order valence-corrected chi connectivity index (χ1v) is 7.82. The lowest BCUT2D eigenvalue weighted by molar-refractivity contribution is -0.149. The van der Waals surface area contributed by atoms with Gasteiger partial charge in [-0.15, -0.1) is 11.3 Å². The minimum Gasteiger partial charge on any atom is -0.497 e. The number of carbonyl (C=O) groups excluding carboxylic acids is 1. The van der Waals surface area contributed by atoms with E-state index in [0.29, 0.717) is 13.0 Å². The van der Waals surface area contributed by atoms with Crippen molar-refractivity contribution in [3.8, 4) is 5.75 Å². The van der Waals surface area contributed by atoms with Crippen molar-refractivity contribution in [3.05, 3.63) is 52.2 Å². The maximum atomic E-state index is 12.5. The average Bonchev–Trinajstić information content (AvgIpc) is 3.00. The summed E-state index contributed by atoms with van der Waals surface area (Å²) in [4.78, 5) is 13.7. The fourth-order valence-electron chi connectivity index (χ4n) is 2.31. The van der Waals surface area contributed by atoms with Gasteiger partial charge in [-0.1, -0.05) is 18.2 Å². The van der Waals surface area contributed by atoms with E-state index in [1.807, 2.05) is 55.6 Å². The van der Waals surface area contributed by atoms with E-state index >= 15 is 0 Å². The summed E-state index contributed by atoms with van der Waals surface area (Å²) in [5.41, 5.74) is 0.198. The lowest BCUT2D eigenvalue weighted by Gasteiger charge is -2.27. The maximum absolute atomic E-state index is 12.5. The van der Waals surface area contributed by atoms with E-state index in [1.165, 1.54) is 0 Å². The average molecular weight is 304 g/mol. The molecule has 2 aromatic rings. The molecule has 0 spiro atoms. The molecule has 0 fully saturated rings. The van der Waals surface area contributed by atoms with Crippen LogP contribution in [0.5, 0.6) is 5.75 Å². The quantitative estimate of drug-likeness (QED) is 0.761. The number of benzene rings is 1. The van der Waals surface area contributed by atoms with Crippen LogP contribution in [0.15, 0.2) is 41.8 Å². The van der Waals surface area contributed by atoms with Gasteiger partial charge in [0.05, 0.1) is 19.1 Å². The van der Waals surface area contributed by atoms with E-state index in [-0.39, 0.29) is 5.97 Å². The fraction of sp³-hybridized carbons (Fsp3) is 0.353. The number of hydrogen-bond acceptors (Lipinski definition) is 4. The number of ether oxygens (including phenoxy) is 2. The normalized spacial score (nSPS) is 13.5. The first-order valence-electron chi connectivity index (χ1n) is 6.94. The maximum Gasteiger partial charge on any atom is 0.316 e. The summed E-state index contributed by atoms with van der Waals surface area (Å²) in [5, 5.41) is 2.02. The zero-order chi connectivity index (χ0) is 15.3. The van der Waals surface area contributed by atoms with Crippen LogP contribution in [0.2, 0.25) is 0 Å². The van der Waals surface area contributed by atoms with Crippen LogP contribution in [-0.2, 0) is 21.4 Å². The molecule has 1 aromatic carbocycles. The molecular weight excluding hydrogens is 284 g/mol. The van der Waals surface area contributed by atoms with Gasteiger partial charge in [-0.25, -0.2) is 0 Å². The molecule has 0 aliphatic heterocycles. The smallest absolute Gasteiger partial charge is 0.316 e. The first-order chi connectivity index (χ1) is 10.1. The second-order valence-electron chi connectivity index (χ2n) is 5.04.